The highest BCUT2D eigenvalue weighted by Crippen LogP contribution is 2.47. The molecule has 0 radical (unpaired) electrons. The fourth-order valence-corrected chi connectivity index (χ4v) is 7.54. The highest BCUT2D eigenvalue weighted by Gasteiger charge is 2.57. The van der Waals surface area contributed by atoms with Crippen molar-refractivity contribution in [3.05, 3.63) is 53.6 Å². The van der Waals surface area contributed by atoms with E-state index in [1.807, 2.05) is 6.08 Å². The van der Waals surface area contributed by atoms with Gasteiger partial charge in [-0.15, -0.1) is 0 Å². The molecule has 4 aliphatic rings. The van der Waals surface area contributed by atoms with Crippen LogP contribution in [-0.2, 0) is 38.0 Å². The maximum atomic E-state index is 13.6. The summed E-state index contributed by atoms with van der Waals surface area (Å²) in [5, 5.41) is 33.7. The third-order valence-electron chi connectivity index (χ3n) is 10.3. The molecular weight excluding hydrogens is 662 g/mol. The quantitative estimate of drug-likeness (QED) is 0.116. The first-order valence-corrected chi connectivity index (χ1v) is 18.0. The number of methoxy groups -OCH3 is 1. The molecule has 0 amide bonds. The van der Waals surface area contributed by atoms with Crippen molar-refractivity contribution in [1.82, 2.24) is 0 Å². The molecule has 9 atom stereocenters. The molecule has 3 fully saturated rings. The largest absolute Gasteiger partial charge is 0.466 e. The maximum absolute atomic E-state index is 13.6. The molecule has 0 saturated carbocycles. The smallest absolute Gasteiger partial charge is 0.339 e. The normalized spacial score (nSPS) is 36.3. The molecule has 0 spiro atoms. The molecule has 13 heteroatoms. The lowest BCUT2D eigenvalue weighted by molar-refractivity contribution is -0.324. The minimum Gasteiger partial charge on any atom is -0.466 e. The van der Waals surface area contributed by atoms with Crippen LogP contribution in [0.25, 0.3) is 0 Å². The summed E-state index contributed by atoms with van der Waals surface area (Å²) in [5.74, 6) is -4.56. The Bertz CT molecular complexity index is 1440. The van der Waals surface area contributed by atoms with Crippen molar-refractivity contribution in [2.45, 2.75) is 139 Å². The van der Waals surface area contributed by atoms with E-state index in [1.165, 1.54) is 19.2 Å². The van der Waals surface area contributed by atoms with Crippen molar-refractivity contribution in [2.24, 2.45) is 5.41 Å². The number of anilines is 1. The van der Waals surface area contributed by atoms with E-state index in [0.717, 1.165) is 44.6 Å². The number of fused-ring (bicyclic) bond motifs is 6. The second kappa shape index (κ2) is 17.0. The van der Waals surface area contributed by atoms with Crippen molar-refractivity contribution < 1.29 is 58.1 Å². The summed E-state index contributed by atoms with van der Waals surface area (Å²) in [6, 6.07) is 6.17. The second-order valence-electron chi connectivity index (χ2n) is 14.8. The Morgan fingerprint density at radius 3 is 2.41 bits per heavy atom. The lowest BCUT2D eigenvalue weighted by Gasteiger charge is -2.51. The molecule has 282 valence electrons. The molecule has 4 heterocycles. The van der Waals surface area contributed by atoms with Gasteiger partial charge in [0.05, 0.1) is 62.3 Å². The van der Waals surface area contributed by atoms with Gasteiger partial charge in [-0.05, 0) is 75.1 Å². The van der Waals surface area contributed by atoms with E-state index in [4.69, 9.17) is 34.2 Å². The first-order valence-electron chi connectivity index (χ1n) is 18.0. The van der Waals surface area contributed by atoms with E-state index in [0.29, 0.717) is 12.1 Å². The van der Waals surface area contributed by atoms with Gasteiger partial charge in [0.15, 0.2) is 6.10 Å². The Morgan fingerprint density at radius 2 is 1.71 bits per heavy atom. The summed E-state index contributed by atoms with van der Waals surface area (Å²) in [6.45, 7) is 2.87. The summed E-state index contributed by atoms with van der Waals surface area (Å²) in [4.78, 5) is 39.2. The highest BCUT2D eigenvalue weighted by molar-refractivity contribution is 5.91. The SMILES string of the molecule is COC(=O)/C=C1\C[C@H]2C[C@H](CO)OC(=O)C[C@H](O)C[C@@H]3CCC[C@H](C[C@@H]4CCC[C@H](/C=C\C(C)(C)[C@](O)(O2)[C@H]1OC(=O)c1cccc(N)c1)O4)O3. The standard InChI is InChI=1S/C38H53NO12/c1-37(2)14-13-27-9-5-11-29(47-27)20-30-12-6-10-28(48-30)18-26(41)19-34(43)49-32(22-40)21-31-16-24(17-33(42)46-3)35(38(37,45)51-31)50-36(44)23-7-4-8-25(39)15-23/h4,7-8,13-15,17,26-32,35,40-41,45H,5-6,9-12,16,18-22,39H2,1-3H3/b14-13-,24-17+/t26-,27-,28+,29+,30-,31+,32-,35+,38-/m1/s1. The number of benzene rings is 1. The van der Waals surface area contributed by atoms with Gasteiger partial charge in [-0.2, -0.15) is 0 Å². The molecule has 5 N–H and O–H groups in total. The van der Waals surface area contributed by atoms with Crippen molar-refractivity contribution in [3.63, 3.8) is 0 Å². The van der Waals surface area contributed by atoms with Crippen LogP contribution < -0.4 is 5.73 Å². The zero-order chi connectivity index (χ0) is 36.8. The number of nitrogens with two attached hydrogens (primary N) is 1. The van der Waals surface area contributed by atoms with Crippen molar-refractivity contribution in [1.29, 1.82) is 0 Å². The van der Waals surface area contributed by atoms with Crippen LogP contribution in [0.2, 0.25) is 0 Å². The molecule has 1 aromatic rings. The monoisotopic (exact) mass is 715 g/mol. The second-order valence-corrected chi connectivity index (χ2v) is 14.8. The van der Waals surface area contributed by atoms with E-state index in [2.05, 4.69) is 0 Å². The van der Waals surface area contributed by atoms with E-state index in [1.54, 1.807) is 32.1 Å². The lowest BCUT2D eigenvalue weighted by atomic mass is 9.74. The van der Waals surface area contributed by atoms with Gasteiger partial charge < -0.3 is 49.5 Å². The topological polar surface area (TPSA) is 193 Å². The Kier molecular flexibility index (Phi) is 13.0. The van der Waals surface area contributed by atoms with E-state index >= 15 is 0 Å². The fourth-order valence-electron chi connectivity index (χ4n) is 7.54. The molecule has 0 aliphatic carbocycles. The average molecular weight is 716 g/mol. The van der Waals surface area contributed by atoms with Crippen LogP contribution in [0.1, 0.15) is 94.8 Å². The number of nitrogen functional groups attached to an aromatic ring is 1. The average Bonchev–Trinajstić information content (AvgIpc) is 3.08. The van der Waals surface area contributed by atoms with Gasteiger partial charge in [-0.1, -0.05) is 32.1 Å². The summed E-state index contributed by atoms with van der Waals surface area (Å²) >= 11 is 0. The number of esters is 3. The summed E-state index contributed by atoms with van der Waals surface area (Å²) in [7, 11) is 1.20. The number of hydrogen-bond acceptors (Lipinski definition) is 13. The number of carbonyl (C=O) groups is 3. The molecule has 6 bridgehead atoms. The van der Waals surface area contributed by atoms with Gasteiger partial charge in [0, 0.05) is 30.0 Å². The Balaban J connectivity index is 1.52. The summed E-state index contributed by atoms with van der Waals surface area (Å²) in [6.07, 6.45) is 5.45. The minimum absolute atomic E-state index is 0.0415. The van der Waals surface area contributed by atoms with Gasteiger partial charge in [0.25, 0.3) is 0 Å². The van der Waals surface area contributed by atoms with E-state index in [-0.39, 0.29) is 61.2 Å². The number of aliphatic hydroxyl groups is 3. The van der Waals surface area contributed by atoms with Crippen LogP contribution in [0.15, 0.2) is 48.1 Å². The number of ether oxygens (including phenoxy) is 6. The molecular formula is C38H53NO12. The number of cyclic esters (lactones) is 1. The zero-order valence-electron chi connectivity index (χ0n) is 29.7. The third kappa shape index (κ3) is 9.97. The molecule has 13 nitrogen and oxygen atoms in total. The van der Waals surface area contributed by atoms with Gasteiger partial charge in [-0.3, -0.25) is 4.79 Å². The molecule has 4 aliphatic heterocycles. The summed E-state index contributed by atoms with van der Waals surface area (Å²) in [5.41, 5.74) is 5.29. The zero-order valence-corrected chi connectivity index (χ0v) is 29.7. The van der Waals surface area contributed by atoms with Crippen LogP contribution in [0.4, 0.5) is 5.69 Å². The van der Waals surface area contributed by atoms with Gasteiger partial charge in [0.2, 0.25) is 5.79 Å². The van der Waals surface area contributed by atoms with E-state index < -0.39 is 60.1 Å². The predicted octanol–water partition coefficient (Wildman–Crippen LogP) is 3.67. The van der Waals surface area contributed by atoms with E-state index in [9.17, 15) is 29.7 Å². The van der Waals surface area contributed by atoms with Crippen molar-refractivity contribution in [3.8, 4) is 0 Å². The third-order valence-corrected chi connectivity index (χ3v) is 10.3. The molecule has 51 heavy (non-hydrogen) atoms. The molecule has 3 saturated heterocycles. The number of aliphatic hydroxyl groups excluding tert-OH is 2. The van der Waals surface area contributed by atoms with Gasteiger partial charge in [-0.25, -0.2) is 9.59 Å². The number of hydrogen-bond donors (Lipinski definition) is 4. The molecule has 0 unspecified atom stereocenters. The van der Waals surface area contributed by atoms with Crippen LogP contribution in [-0.4, -0.2) is 102 Å². The predicted molar refractivity (Wildman–Crippen MR) is 184 cm³/mol. The molecule has 5 rings (SSSR count). The van der Waals surface area contributed by atoms with Crippen LogP contribution >= 0.6 is 0 Å². The Labute approximate surface area is 299 Å². The highest BCUT2D eigenvalue weighted by atomic mass is 16.7. The fraction of sp³-hybridized carbons (Fsp3) is 0.658. The van der Waals surface area contributed by atoms with Crippen LogP contribution in [0.5, 0.6) is 0 Å². The molecule has 1 aromatic carbocycles. The van der Waals surface area contributed by atoms with Crippen LogP contribution in [0, 0.1) is 5.41 Å². The lowest BCUT2D eigenvalue weighted by Crippen LogP contribution is -2.62. The first kappa shape index (κ1) is 38.9. The minimum atomic E-state index is -2.29. The first-order chi connectivity index (χ1) is 24.3. The number of carbonyl (C=O) groups excluding carboxylic acids is 3. The number of rotatable bonds is 4. The van der Waals surface area contributed by atoms with Crippen LogP contribution in [0.3, 0.4) is 0 Å². The van der Waals surface area contributed by atoms with Gasteiger partial charge >= 0.3 is 17.9 Å². The molecule has 0 aromatic heterocycles. The Hall–Kier alpha value is -3.33. The Morgan fingerprint density at radius 1 is 1.00 bits per heavy atom. The maximum Gasteiger partial charge on any atom is 0.339 e. The van der Waals surface area contributed by atoms with Gasteiger partial charge in [0.1, 0.15) is 6.10 Å². The van der Waals surface area contributed by atoms with Crippen molar-refractivity contribution >= 4 is 23.6 Å². The van der Waals surface area contributed by atoms with Crippen molar-refractivity contribution in [2.75, 3.05) is 19.5 Å². The summed E-state index contributed by atoms with van der Waals surface area (Å²) < 4.78 is 35.8.